The van der Waals surface area contributed by atoms with Crippen molar-refractivity contribution in [1.29, 1.82) is 0 Å². The molecule has 9 heteroatoms. The second-order valence-corrected chi connectivity index (χ2v) is 9.47. The Morgan fingerprint density at radius 3 is 2.15 bits per heavy atom. The van der Waals surface area contributed by atoms with Gasteiger partial charge in [-0.05, 0) is 61.6 Å². The van der Waals surface area contributed by atoms with Crippen LogP contribution >= 0.6 is 0 Å². The quantitative estimate of drug-likeness (QED) is 0.351. The van der Waals surface area contributed by atoms with E-state index in [4.69, 9.17) is 28.7 Å². The second-order valence-electron chi connectivity index (χ2n) is 9.47. The highest BCUT2D eigenvalue weighted by Gasteiger charge is 2.45. The molecule has 1 aliphatic carbocycles. The number of benzene rings is 2. The molecule has 1 heterocycles. The van der Waals surface area contributed by atoms with Crippen molar-refractivity contribution < 1.29 is 38.1 Å². The van der Waals surface area contributed by atoms with Gasteiger partial charge in [-0.3, -0.25) is 19.4 Å². The molecular weight excluding hydrogens is 502 g/mol. The van der Waals surface area contributed by atoms with Gasteiger partial charge in [0.1, 0.15) is 5.92 Å². The Balaban J connectivity index is 1.80. The first-order valence-corrected chi connectivity index (χ1v) is 12.8. The molecule has 0 saturated carbocycles. The maximum atomic E-state index is 13.8. The maximum absolute atomic E-state index is 13.8. The fraction of sp³-hybridized carbons (Fsp3) is 0.400. The van der Waals surface area contributed by atoms with Crippen LogP contribution in [0.15, 0.2) is 52.7 Å². The molecule has 0 radical (unpaired) electrons. The van der Waals surface area contributed by atoms with Crippen molar-refractivity contribution in [1.82, 2.24) is 0 Å². The Hall–Kier alpha value is -4.14. The van der Waals surface area contributed by atoms with Crippen LogP contribution in [-0.4, -0.2) is 51.4 Å². The van der Waals surface area contributed by atoms with Gasteiger partial charge in [-0.25, -0.2) is 0 Å². The Bertz CT molecular complexity index is 1360. The van der Waals surface area contributed by atoms with Crippen LogP contribution in [0.4, 0.5) is 0 Å². The fourth-order valence-corrected chi connectivity index (χ4v) is 5.42. The van der Waals surface area contributed by atoms with E-state index in [0.717, 1.165) is 5.56 Å². The van der Waals surface area contributed by atoms with E-state index in [1.165, 1.54) is 14.0 Å². The zero-order valence-electron chi connectivity index (χ0n) is 23.0. The smallest absolute Gasteiger partial charge is 0.315 e. The van der Waals surface area contributed by atoms with Crippen molar-refractivity contribution in [2.24, 2.45) is 10.9 Å². The highest BCUT2D eigenvalue weighted by atomic mass is 16.6. The van der Waals surface area contributed by atoms with E-state index >= 15 is 0 Å². The Labute approximate surface area is 227 Å². The highest BCUT2D eigenvalue weighted by molar-refractivity contribution is 6.09. The molecule has 0 spiro atoms. The summed E-state index contributed by atoms with van der Waals surface area (Å²) in [6.07, 6.45) is 0.764. The van der Waals surface area contributed by atoms with E-state index in [9.17, 15) is 14.4 Å². The van der Waals surface area contributed by atoms with Gasteiger partial charge in [-0.2, -0.15) is 0 Å². The van der Waals surface area contributed by atoms with Gasteiger partial charge in [0.05, 0.1) is 27.9 Å². The van der Waals surface area contributed by atoms with Crippen LogP contribution in [0.5, 0.6) is 23.0 Å². The van der Waals surface area contributed by atoms with Crippen LogP contribution in [-0.2, 0) is 19.1 Å². The summed E-state index contributed by atoms with van der Waals surface area (Å²) < 4.78 is 27.0. The number of esters is 2. The maximum Gasteiger partial charge on any atom is 0.315 e. The zero-order chi connectivity index (χ0) is 28.3. The predicted molar refractivity (Wildman–Crippen MR) is 144 cm³/mol. The third kappa shape index (κ3) is 5.53. The molecule has 0 aromatic heterocycles. The molecule has 206 valence electrons. The first kappa shape index (κ1) is 27.9. The number of allylic oxidation sites excluding steroid dienone is 2. The number of carbonyl (C=O) groups excluding carboxylic acids is 3. The summed E-state index contributed by atoms with van der Waals surface area (Å²) in [5.41, 5.74) is 3.33. The molecule has 0 amide bonds. The largest absolute Gasteiger partial charge is 0.493 e. The number of carbonyl (C=O) groups is 3. The van der Waals surface area contributed by atoms with Crippen molar-refractivity contribution in [2.75, 3.05) is 27.9 Å². The molecule has 0 fully saturated rings. The lowest BCUT2D eigenvalue weighted by atomic mass is 9.69. The standard InChI is InChI=1S/C30H33NO8/c1-7-38-30(34)27-16(2)31-21-12-20(18-8-10-23(35-4)25(14-18)36-5)13-22(33)29(21)28(27)19-9-11-24(39-17(3)32)26(15-19)37-6/h8-11,14-15,20,27-28H,7,12-13H2,1-6H3/t20-,27?,28-/m1/s1. The van der Waals surface area contributed by atoms with E-state index in [1.807, 2.05) is 18.2 Å². The molecule has 39 heavy (non-hydrogen) atoms. The zero-order valence-corrected chi connectivity index (χ0v) is 23.0. The number of methoxy groups -OCH3 is 3. The predicted octanol–water partition coefficient (Wildman–Crippen LogP) is 4.78. The van der Waals surface area contributed by atoms with Crippen LogP contribution in [0.1, 0.15) is 56.6 Å². The lowest BCUT2D eigenvalue weighted by molar-refractivity contribution is -0.146. The van der Waals surface area contributed by atoms with Crippen LogP contribution in [0, 0.1) is 5.92 Å². The van der Waals surface area contributed by atoms with Crippen molar-refractivity contribution >= 4 is 23.4 Å². The molecule has 9 nitrogen and oxygen atoms in total. The average molecular weight is 536 g/mol. The van der Waals surface area contributed by atoms with Crippen LogP contribution < -0.4 is 18.9 Å². The van der Waals surface area contributed by atoms with E-state index in [0.29, 0.717) is 46.2 Å². The number of aliphatic imine (C=N–C) groups is 1. The summed E-state index contributed by atoms with van der Waals surface area (Å²) >= 11 is 0. The number of ether oxygens (including phenoxy) is 5. The molecule has 2 aromatic carbocycles. The fourth-order valence-electron chi connectivity index (χ4n) is 5.42. The van der Waals surface area contributed by atoms with Crippen LogP contribution in [0.25, 0.3) is 0 Å². The number of rotatable bonds is 8. The monoisotopic (exact) mass is 535 g/mol. The van der Waals surface area contributed by atoms with Crippen LogP contribution in [0.3, 0.4) is 0 Å². The number of hydrogen-bond donors (Lipinski definition) is 0. The first-order valence-electron chi connectivity index (χ1n) is 12.8. The summed E-state index contributed by atoms with van der Waals surface area (Å²) in [6.45, 7) is 5.03. The first-order chi connectivity index (χ1) is 18.7. The summed E-state index contributed by atoms with van der Waals surface area (Å²) in [5, 5.41) is 0. The minimum Gasteiger partial charge on any atom is -0.493 e. The number of Topliss-reactive ketones (excluding diaryl/α,β-unsaturated/α-hetero) is 1. The van der Waals surface area contributed by atoms with Gasteiger partial charge >= 0.3 is 11.9 Å². The molecule has 0 saturated heterocycles. The summed E-state index contributed by atoms with van der Waals surface area (Å²) in [4.78, 5) is 43.4. The van der Waals surface area contributed by atoms with Gasteiger partial charge in [0.25, 0.3) is 0 Å². The van der Waals surface area contributed by atoms with E-state index in [2.05, 4.69) is 0 Å². The normalized spacial score (nSPS) is 20.5. The lowest BCUT2D eigenvalue weighted by Crippen LogP contribution is -2.38. The Kier molecular flexibility index (Phi) is 8.38. The molecule has 1 unspecified atom stereocenters. The average Bonchev–Trinajstić information content (AvgIpc) is 2.91. The third-order valence-electron chi connectivity index (χ3n) is 7.11. The number of hydrogen-bond acceptors (Lipinski definition) is 9. The van der Waals surface area contributed by atoms with Crippen LogP contribution in [0.2, 0.25) is 0 Å². The topological polar surface area (TPSA) is 110 Å². The summed E-state index contributed by atoms with van der Waals surface area (Å²) in [5.74, 6) is -0.787. The highest BCUT2D eigenvalue weighted by Crippen LogP contribution is 2.48. The van der Waals surface area contributed by atoms with Crippen molar-refractivity contribution in [3.63, 3.8) is 0 Å². The van der Waals surface area contributed by atoms with Crippen molar-refractivity contribution in [2.45, 2.75) is 45.4 Å². The van der Waals surface area contributed by atoms with E-state index in [1.54, 1.807) is 46.3 Å². The Morgan fingerprint density at radius 1 is 0.897 bits per heavy atom. The van der Waals surface area contributed by atoms with Gasteiger partial charge in [0, 0.05) is 36.2 Å². The molecule has 0 bridgehead atoms. The lowest BCUT2D eigenvalue weighted by Gasteiger charge is -2.36. The number of nitrogens with zero attached hydrogens (tertiary/aromatic N) is 1. The molecule has 2 aliphatic rings. The van der Waals surface area contributed by atoms with Gasteiger partial charge in [0.2, 0.25) is 0 Å². The molecule has 4 rings (SSSR count). The third-order valence-corrected chi connectivity index (χ3v) is 7.11. The second kappa shape index (κ2) is 11.7. The molecule has 2 aromatic rings. The van der Waals surface area contributed by atoms with Gasteiger partial charge in [-0.15, -0.1) is 0 Å². The van der Waals surface area contributed by atoms with Gasteiger partial charge < -0.3 is 23.7 Å². The minimum absolute atomic E-state index is 0.0883. The van der Waals surface area contributed by atoms with Gasteiger partial charge in [-0.1, -0.05) is 12.1 Å². The molecular formula is C30H33NO8. The molecule has 3 atom stereocenters. The van der Waals surface area contributed by atoms with E-state index in [-0.39, 0.29) is 30.5 Å². The van der Waals surface area contributed by atoms with Crippen molar-refractivity contribution in [3.05, 3.63) is 58.8 Å². The van der Waals surface area contributed by atoms with Crippen molar-refractivity contribution in [3.8, 4) is 23.0 Å². The summed E-state index contributed by atoms with van der Waals surface area (Å²) in [6, 6.07) is 10.7. The number of ketones is 1. The molecule has 1 aliphatic heterocycles. The van der Waals surface area contributed by atoms with Gasteiger partial charge in [0.15, 0.2) is 28.8 Å². The molecule has 0 N–H and O–H groups in total. The van der Waals surface area contributed by atoms with E-state index < -0.39 is 23.8 Å². The SMILES string of the molecule is CCOC(=O)C1C(C)=NC2=C(C(=O)C[C@H](c3ccc(OC)c(OC)c3)C2)[C@@H]1c1ccc(OC(C)=O)c(OC)c1. The minimum atomic E-state index is -0.783. The Morgan fingerprint density at radius 2 is 1.51 bits per heavy atom. The summed E-state index contributed by atoms with van der Waals surface area (Å²) in [7, 11) is 4.61.